The van der Waals surface area contributed by atoms with Crippen LogP contribution in [-0.2, 0) is 9.53 Å². The summed E-state index contributed by atoms with van der Waals surface area (Å²) in [5, 5.41) is 9.82. The number of piperidine rings is 1. The fraction of sp³-hybridized carbons (Fsp3) is 0.429. The molecule has 0 bridgehead atoms. The molecule has 3 aliphatic rings. The predicted molar refractivity (Wildman–Crippen MR) is 128 cm³/mol. The highest BCUT2D eigenvalue weighted by Gasteiger charge is 2.58. The van der Waals surface area contributed by atoms with Crippen LogP contribution in [0.1, 0.15) is 67.1 Å². The Morgan fingerprint density at radius 1 is 1.11 bits per heavy atom. The Morgan fingerprint density at radius 2 is 1.81 bits per heavy atom. The number of rotatable bonds is 2. The molecular formula is C28H28F2N2O4. The summed E-state index contributed by atoms with van der Waals surface area (Å²) < 4.78 is 33.9. The van der Waals surface area contributed by atoms with Crippen molar-refractivity contribution in [3.63, 3.8) is 0 Å². The molecule has 0 aromatic heterocycles. The van der Waals surface area contributed by atoms with Crippen LogP contribution in [0, 0.1) is 23.5 Å². The summed E-state index contributed by atoms with van der Waals surface area (Å²) >= 11 is 0. The number of likely N-dealkylation sites (tertiary alicyclic amines) is 1. The summed E-state index contributed by atoms with van der Waals surface area (Å²) in [5.41, 5.74) is -0.603. The summed E-state index contributed by atoms with van der Waals surface area (Å²) in [5.74, 6) is 3.97. The molecule has 1 spiro atoms. The van der Waals surface area contributed by atoms with Gasteiger partial charge in [0.1, 0.15) is 23.5 Å². The molecule has 6 nitrogen and oxygen atoms in total. The fourth-order valence-corrected chi connectivity index (χ4v) is 5.35. The number of nitrogens with zero attached hydrogens (tertiary/aromatic N) is 2. The van der Waals surface area contributed by atoms with Crippen molar-refractivity contribution in [2.24, 2.45) is 0 Å². The highest BCUT2D eigenvalue weighted by Crippen LogP contribution is 2.47. The van der Waals surface area contributed by atoms with Crippen LogP contribution >= 0.6 is 0 Å². The van der Waals surface area contributed by atoms with Gasteiger partial charge in [0.2, 0.25) is 0 Å². The Balaban J connectivity index is 1.28. The third kappa shape index (κ3) is 4.61. The van der Waals surface area contributed by atoms with Gasteiger partial charge in [-0.25, -0.2) is 8.78 Å². The van der Waals surface area contributed by atoms with Crippen LogP contribution in [0.4, 0.5) is 8.78 Å². The molecular weight excluding hydrogens is 466 g/mol. The van der Waals surface area contributed by atoms with Gasteiger partial charge >= 0.3 is 0 Å². The van der Waals surface area contributed by atoms with Gasteiger partial charge in [-0.05, 0) is 62.6 Å². The maximum atomic E-state index is 13.8. The number of aliphatic hydroxyl groups is 1. The predicted octanol–water partition coefficient (Wildman–Crippen LogP) is 3.78. The quantitative estimate of drug-likeness (QED) is 0.646. The molecule has 2 unspecified atom stereocenters. The van der Waals surface area contributed by atoms with Gasteiger partial charge in [0.15, 0.2) is 5.60 Å². The molecule has 36 heavy (non-hydrogen) atoms. The van der Waals surface area contributed by atoms with Crippen molar-refractivity contribution in [1.82, 2.24) is 9.80 Å². The Morgan fingerprint density at radius 3 is 2.47 bits per heavy atom. The highest BCUT2D eigenvalue weighted by molar-refractivity contribution is 5.95. The molecule has 3 heterocycles. The average Bonchev–Trinajstić information content (AvgIpc) is 3.35. The molecule has 8 heteroatoms. The van der Waals surface area contributed by atoms with E-state index in [1.165, 1.54) is 12.1 Å². The van der Waals surface area contributed by atoms with Gasteiger partial charge < -0.3 is 19.6 Å². The highest BCUT2D eigenvalue weighted by atomic mass is 19.1. The number of hydrogen-bond donors (Lipinski definition) is 1. The van der Waals surface area contributed by atoms with Gasteiger partial charge in [0, 0.05) is 43.1 Å². The molecule has 3 aliphatic heterocycles. The van der Waals surface area contributed by atoms with Crippen LogP contribution < -0.4 is 0 Å². The van der Waals surface area contributed by atoms with E-state index < -0.39 is 35.1 Å². The van der Waals surface area contributed by atoms with Crippen LogP contribution in [0.25, 0.3) is 0 Å². The van der Waals surface area contributed by atoms with Gasteiger partial charge in [-0.15, -0.1) is 0 Å². The third-order valence-electron chi connectivity index (χ3n) is 7.07. The molecule has 2 aromatic rings. The van der Waals surface area contributed by atoms with Gasteiger partial charge in [-0.1, -0.05) is 17.9 Å². The lowest BCUT2D eigenvalue weighted by Gasteiger charge is -2.37. The SMILES string of the molecule is CC(C)(O)C#Cc1cccc(C(=O)N2CCC3(CC2)OC2CCC(c4cc(F)cc(F)c4)N2C3=O)c1. The van der Waals surface area contributed by atoms with E-state index in [4.69, 9.17) is 4.74 Å². The maximum absolute atomic E-state index is 13.8. The molecule has 1 N–H and O–H groups in total. The van der Waals surface area contributed by atoms with Crippen molar-refractivity contribution >= 4 is 11.8 Å². The Hall–Kier alpha value is -3.28. The number of carbonyl (C=O) groups excluding carboxylic acids is 2. The second kappa shape index (κ2) is 8.99. The normalized spacial score (nSPS) is 23.0. The van der Waals surface area contributed by atoms with E-state index in [0.29, 0.717) is 55.5 Å². The molecule has 0 aliphatic carbocycles. The van der Waals surface area contributed by atoms with Crippen LogP contribution in [0.3, 0.4) is 0 Å². The van der Waals surface area contributed by atoms with Crippen molar-refractivity contribution in [3.05, 3.63) is 70.8 Å². The lowest BCUT2D eigenvalue weighted by Crippen LogP contribution is -2.51. The molecule has 2 aromatic carbocycles. The average molecular weight is 495 g/mol. The zero-order valence-corrected chi connectivity index (χ0v) is 20.3. The summed E-state index contributed by atoms with van der Waals surface area (Å²) in [6.45, 7) is 3.89. The standard InChI is InChI=1S/C28H28F2N2O4/c1-27(2,35)9-8-18-4-3-5-19(14-18)25(33)31-12-10-28(11-13-31)26(34)32-23(6-7-24(32)36-28)20-15-21(29)17-22(30)16-20/h3-5,14-17,23-24,35H,6-7,10-13H2,1-2H3. The second-order valence-electron chi connectivity index (χ2n) is 10.3. The van der Waals surface area contributed by atoms with E-state index in [2.05, 4.69) is 11.8 Å². The van der Waals surface area contributed by atoms with Crippen LogP contribution in [-0.4, -0.2) is 57.2 Å². The first kappa shape index (κ1) is 24.4. The minimum atomic E-state index is -1.13. The summed E-state index contributed by atoms with van der Waals surface area (Å²) in [4.78, 5) is 30.0. The lowest BCUT2D eigenvalue weighted by atomic mass is 9.89. The summed E-state index contributed by atoms with van der Waals surface area (Å²) in [7, 11) is 0. The number of halogens is 2. The molecule has 188 valence electrons. The van der Waals surface area contributed by atoms with Gasteiger partial charge in [0.25, 0.3) is 11.8 Å². The van der Waals surface area contributed by atoms with E-state index in [0.717, 1.165) is 6.07 Å². The molecule has 0 radical (unpaired) electrons. The van der Waals surface area contributed by atoms with Crippen LogP contribution in [0.15, 0.2) is 42.5 Å². The first-order valence-corrected chi connectivity index (χ1v) is 12.2. The monoisotopic (exact) mass is 494 g/mol. The Bertz CT molecular complexity index is 1250. The minimum absolute atomic E-state index is 0.157. The van der Waals surface area contributed by atoms with Crippen molar-refractivity contribution in [2.75, 3.05) is 13.1 Å². The van der Waals surface area contributed by atoms with E-state index >= 15 is 0 Å². The second-order valence-corrected chi connectivity index (χ2v) is 10.3. The van der Waals surface area contributed by atoms with Gasteiger partial charge in [0.05, 0.1) is 6.04 Å². The molecule has 2 amide bonds. The van der Waals surface area contributed by atoms with Gasteiger partial charge in [-0.2, -0.15) is 0 Å². The number of amides is 2. The molecule has 2 atom stereocenters. The van der Waals surface area contributed by atoms with Crippen molar-refractivity contribution in [2.45, 2.75) is 63.0 Å². The van der Waals surface area contributed by atoms with E-state index in [9.17, 15) is 23.5 Å². The Kier molecular flexibility index (Phi) is 6.09. The Labute approximate surface area is 208 Å². The van der Waals surface area contributed by atoms with Crippen molar-refractivity contribution in [3.8, 4) is 11.8 Å². The number of carbonyl (C=O) groups is 2. The minimum Gasteiger partial charge on any atom is -0.378 e. The maximum Gasteiger partial charge on any atom is 0.257 e. The third-order valence-corrected chi connectivity index (χ3v) is 7.07. The molecule has 3 fully saturated rings. The zero-order valence-electron chi connectivity index (χ0n) is 20.3. The van der Waals surface area contributed by atoms with E-state index in [1.807, 2.05) is 0 Å². The fourth-order valence-electron chi connectivity index (χ4n) is 5.35. The largest absolute Gasteiger partial charge is 0.378 e. The van der Waals surface area contributed by atoms with E-state index in [-0.39, 0.29) is 11.8 Å². The first-order valence-electron chi connectivity index (χ1n) is 12.2. The number of fused-ring (bicyclic) bond motifs is 1. The lowest BCUT2D eigenvalue weighted by molar-refractivity contribution is -0.142. The molecule has 3 saturated heterocycles. The zero-order chi connectivity index (χ0) is 25.7. The number of hydrogen-bond acceptors (Lipinski definition) is 4. The summed E-state index contributed by atoms with van der Waals surface area (Å²) in [6, 6.07) is 9.88. The number of benzene rings is 2. The van der Waals surface area contributed by atoms with Crippen LogP contribution in [0.2, 0.25) is 0 Å². The smallest absolute Gasteiger partial charge is 0.257 e. The van der Waals surface area contributed by atoms with Crippen LogP contribution in [0.5, 0.6) is 0 Å². The molecule has 0 saturated carbocycles. The first-order chi connectivity index (χ1) is 17.0. The van der Waals surface area contributed by atoms with Crippen molar-refractivity contribution < 1.29 is 28.2 Å². The number of ether oxygens (including phenoxy) is 1. The molecule has 5 rings (SSSR count). The summed E-state index contributed by atoms with van der Waals surface area (Å²) in [6.07, 6.45) is 1.45. The van der Waals surface area contributed by atoms with Crippen molar-refractivity contribution in [1.29, 1.82) is 0 Å². The van der Waals surface area contributed by atoms with Gasteiger partial charge in [-0.3, -0.25) is 9.59 Å². The topological polar surface area (TPSA) is 70.1 Å². The van der Waals surface area contributed by atoms with E-state index in [1.54, 1.807) is 47.9 Å².